The number of ether oxygens (including phenoxy) is 1. The summed E-state index contributed by atoms with van der Waals surface area (Å²) in [6.07, 6.45) is 0. The van der Waals surface area contributed by atoms with Crippen LogP contribution in [-0.2, 0) is 19.6 Å². The summed E-state index contributed by atoms with van der Waals surface area (Å²) in [5.74, 6) is -1.03. The quantitative estimate of drug-likeness (QED) is 0.779. The van der Waals surface area contributed by atoms with Crippen molar-refractivity contribution < 1.29 is 22.7 Å². The number of carbonyl (C=O) groups excluding carboxylic acids is 2. The highest BCUT2D eigenvalue weighted by molar-refractivity contribution is 7.89. The van der Waals surface area contributed by atoms with Crippen molar-refractivity contribution in [2.24, 2.45) is 0 Å². The van der Waals surface area contributed by atoms with Crippen molar-refractivity contribution in [1.82, 2.24) is 4.31 Å². The number of benzene rings is 2. The predicted molar refractivity (Wildman–Crippen MR) is 97.4 cm³/mol. The van der Waals surface area contributed by atoms with Gasteiger partial charge in [-0.05, 0) is 36.8 Å². The van der Waals surface area contributed by atoms with E-state index >= 15 is 0 Å². The molecule has 1 amide bonds. The second-order valence-corrected chi connectivity index (χ2v) is 7.64. The molecule has 0 saturated heterocycles. The molecule has 26 heavy (non-hydrogen) atoms. The molecule has 2 aromatic carbocycles. The zero-order valence-corrected chi connectivity index (χ0v) is 15.5. The first-order chi connectivity index (χ1) is 12.3. The highest BCUT2D eigenvalue weighted by Gasteiger charge is 2.23. The largest absolute Gasteiger partial charge is 0.465 e. The number of anilines is 1. The SMILES string of the molecule is COC(=O)c1cccc(NC(=O)CN(C)S(=O)(=O)c2ccccc2)c1C. The minimum Gasteiger partial charge on any atom is -0.465 e. The average molecular weight is 376 g/mol. The third kappa shape index (κ3) is 4.27. The molecule has 0 aliphatic rings. The van der Waals surface area contributed by atoms with Crippen LogP contribution in [0.25, 0.3) is 0 Å². The number of likely N-dealkylation sites (N-methyl/N-ethyl adjacent to an activating group) is 1. The van der Waals surface area contributed by atoms with Crippen molar-refractivity contribution in [1.29, 1.82) is 0 Å². The number of sulfonamides is 1. The first-order valence-electron chi connectivity index (χ1n) is 7.76. The van der Waals surface area contributed by atoms with Gasteiger partial charge in [-0.3, -0.25) is 4.79 Å². The number of hydrogen-bond donors (Lipinski definition) is 1. The summed E-state index contributed by atoms with van der Waals surface area (Å²) in [5.41, 5.74) is 1.29. The lowest BCUT2D eigenvalue weighted by molar-refractivity contribution is -0.116. The van der Waals surface area contributed by atoms with E-state index in [9.17, 15) is 18.0 Å². The lowest BCUT2D eigenvalue weighted by Gasteiger charge is -2.17. The molecule has 0 atom stereocenters. The number of carbonyl (C=O) groups is 2. The van der Waals surface area contributed by atoms with E-state index in [4.69, 9.17) is 4.74 Å². The van der Waals surface area contributed by atoms with Crippen LogP contribution in [0.4, 0.5) is 5.69 Å². The molecule has 0 aromatic heterocycles. The van der Waals surface area contributed by atoms with Crippen LogP contribution in [0.15, 0.2) is 53.4 Å². The van der Waals surface area contributed by atoms with Gasteiger partial charge in [-0.15, -0.1) is 0 Å². The van der Waals surface area contributed by atoms with Gasteiger partial charge in [0, 0.05) is 12.7 Å². The summed E-state index contributed by atoms with van der Waals surface area (Å²) in [6, 6.07) is 12.7. The molecule has 1 N–H and O–H groups in total. The van der Waals surface area contributed by atoms with E-state index in [-0.39, 0.29) is 11.4 Å². The number of methoxy groups -OCH3 is 1. The van der Waals surface area contributed by atoms with Gasteiger partial charge in [0.05, 0.1) is 24.1 Å². The minimum atomic E-state index is -3.76. The Bertz CT molecular complexity index is 910. The number of nitrogens with zero attached hydrogens (tertiary/aromatic N) is 1. The molecule has 0 heterocycles. The van der Waals surface area contributed by atoms with Crippen molar-refractivity contribution >= 4 is 27.6 Å². The summed E-state index contributed by atoms with van der Waals surface area (Å²) in [5, 5.41) is 2.63. The predicted octanol–water partition coefficient (Wildman–Crippen LogP) is 2.04. The number of rotatable bonds is 6. The summed E-state index contributed by atoms with van der Waals surface area (Å²) >= 11 is 0. The van der Waals surface area contributed by atoms with Crippen LogP contribution in [0, 0.1) is 6.92 Å². The van der Waals surface area contributed by atoms with E-state index < -0.39 is 21.9 Å². The summed E-state index contributed by atoms with van der Waals surface area (Å²) in [7, 11) is -1.16. The topological polar surface area (TPSA) is 92.8 Å². The van der Waals surface area contributed by atoms with Crippen molar-refractivity contribution in [3.63, 3.8) is 0 Å². The molecule has 138 valence electrons. The molecule has 0 spiro atoms. The molecular formula is C18H20N2O5S. The lowest BCUT2D eigenvalue weighted by Crippen LogP contribution is -2.35. The minimum absolute atomic E-state index is 0.110. The van der Waals surface area contributed by atoms with Gasteiger partial charge in [-0.25, -0.2) is 13.2 Å². The Morgan fingerprint density at radius 1 is 1.08 bits per heavy atom. The Hall–Kier alpha value is -2.71. The highest BCUT2D eigenvalue weighted by atomic mass is 32.2. The normalized spacial score (nSPS) is 11.2. The van der Waals surface area contributed by atoms with Crippen molar-refractivity contribution in [2.75, 3.05) is 26.0 Å². The Morgan fingerprint density at radius 2 is 1.73 bits per heavy atom. The molecule has 0 bridgehead atoms. The van der Waals surface area contributed by atoms with Crippen LogP contribution >= 0.6 is 0 Å². The summed E-state index contributed by atoms with van der Waals surface area (Å²) < 4.78 is 30.6. The van der Waals surface area contributed by atoms with Crippen molar-refractivity contribution in [3.8, 4) is 0 Å². The van der Waals surface area contributed by atoms with Crippen LogP contribution in [0.5, 0.6) is 0 Å². The zero-order valence-electron chi connectivity index (χ0n) is 14.7. The molecule has 0 aliphatic carbocycles. The third-order valence-electron chi connectivity index (χ3n) is 3.83. The molecule has 0 radical (unpaired) electrons. The number of hydrogen-bond acceptors (Lipinski definition) is 5. The smallest absolute Gasteiger partial charge is 0.338 e. The van der Waals surface area contributed by atoms with Gasteiger partial charge in [0.2, 0.25) is 15.9 Å². The fraction of sp³-hybridized carbons (Fsp3) is 0.222. The Balaban J connectivity index is 2.13. The maximum absolute atomic E-state index is 12.5. The molecule has 2 rings (SSSR count). The second kappa shape index (κ2) is 8.11. The molecule has 0 fully saturated rings. The molecule has 8 heteroatoms. The van der Waals surface area contributed by atoms with Crippen molar-refractivity contribution in [3.05, 3.63) is 59.7 Å². The Kier molecular flexibility index (Phi) is 6.12. The molecule has 0 aliphatic heterocycles. The summed E-state index contributed by atoms with van der Waals surface area (Å²) in [6.45, 7) is 1.31. The van der Waals surface area contributed by atoms with Gasteiger partial charge < -0.3 is 10.1 Å². The standard InChI is InChI=1S/C18H20N2O5S/c1-13-15(18(22)25-3)10-7-11-16(13)19-17(21)12-20(2)26(23,24)14-8-5-4-6-9-14/h4-11H,12H2,1-3H3,(H,19,21). The zero-order chi connectivity index (χ0) is 19.3. The molecule has 2 aromatic rings. The second-order valence-electron chi connectivity index (χ2n) is 5.59. The molecule has 0 unspecified atom stereocenters. The molecular weight excluding hydrogens is 356 g/mol. The summed E-state index contributed by atoms with van der Waals surface area (Å²) in [4.78, 5) is 24.1. The Morgan fingerprint density at radius 3 is 2.35 bits per heavy atom. The molecule has 0 saturated carbocycles. The first-order valence-corrected chi connectivity index (χ1v) is 9.20. The van der Waals surface area contributed by atoms with Gasteiger partial charge >= 0.3 is 5.97 Å². The maximum atomic E-state index is 12.5. The maximum Gasteiger partial charge on any atom is 0.338 e. The van der Waals surface area contributed by atoms with Gasteiger partial charge in [0.1, 0.15) is 0 Å². The van der Waals surface area contributed by atoms with Gasteiger partial charge in [-0.1, -0.05) is 24.3 Å². The van der Waals surface area contributed by atoms with Gasteiger partial charge in [0.15, 0.2) is 0 Å². The molecule has 7 nitrogen and oxygen atoms in total. The average Bonchev–Trinajstić information content (AvgIpc) is 2.63. The van der Waals surface area contributed by atoms with Crippen LogP contribution < -0.4 is 5.32 Å². The van der Waals surface area contributed by atoms with Crippen LogP contribution in [-0.4, -0.2) is 45.3 Å². The Labute approximate surface area is 152 Å². The fourth-order valence-electron chi connectivity index (χ4n) is 2.35. The first kappa shape index (κ1) is 19.6. The van der Waals surface area contributed by atoms with Gasteiger partial charge in [-0.2, -0.15) is 4.31 Å². The van der Waals surface area contributed by atoms with E-state index in [1.54, 1.807) is 43.3 Å². The van der Waals surface area contributed by atoms with E-state index in [1.807, 2.05) is 0 Å². The number of nitrogens with one attached hydrogen (secondary N) is 1. The van der Waals surface area contributed by atoms with E-state index in [2.05, 4.69) is 5.32 Å². The fourth-order valence-corrected chi connectivity index (χ4v) is 3.50. The van der Waals surface area contributed by atoms with Crippen LogP contribution in [0.2, 0.25) is 0 Å². The van der Waals surface area contributed by atoms with E-state index in [0.717, 1.165) is 4.31 Å². The van der Waals surface area contributed by atoms with E-state index in [0.29, 0.717) is 16.8 Å². The number of esters is 1. The van der Waals surface area contributed by atoms with Gasteiger partial charge in [0.25, 0.3) is 0 Å². The third-order valence-corrected chi connectivity index (χ3v) is 5.65. The van der Waals surface area contributed by atoms with Crippen LogP contribution in [0.3, 0.4) is 0 Å². The van der Waals surface area contributed by atoms with Crippen LogP contribution in [0.1, 0.15) is 15.9 Å². The highest BCUT2D eigenvalue weighted by Crippen LogP contribution is 2.20. The number of amides is 1. The van der Waals surface area contributed by atoms with E-state index in [1.165, 1.54) is 26.3 Å². The van der Waals surface area contributed by atoms with Crippen molar-refractivity contribution in [2.45, 2.75) is 11.8 Å². The monoisotopic (exact) mass is 376 g/mol. The lowest BCUT2D eigenvalue weighted by atomic mass is 10.1.